The Morgan fingerprint density at radius 1 is 0.769 bits per heavy atom. The standard InChI is InChI=1S/C22H35F3O/c1-3-5-6-7-8-9-10-13-19(26-4-2)14-11-12-15-20-21(24)16-18(23)17-22(20)25/h16-17,19H,3-15H2,1-2H3. The maximum absolute atomic E-state index is 13.6. The third kappa shape index (κ3) is 9.61. The normalized spacial score (nSPS) is 12.5. The quantitative estimate of drug-likeness (QED) is 0.292. The molecule has 0 fully saturated rings. The minimum atomic E-state index is -0.866. The number of ether oxygens (including phenoxy) is 1. The largest absolute Gasteiger partial charge is 0.379 e. The molecular formula is C22H35F3O. The van der Waals surface area contributed by atoms with Gasteiger partial charge in [0.2, 0.25) is 0 Å². The van der Waals surface area contributed by atoms with Gasteiger partial charge in [0.15, 0.2) is 0 Å². The lowest BCUT2D eigenvalue weighted by Gasteiger charge is -2.17. The summed E-state index contributed by atoms with van der Waals surface area (Å²) in [5.41, 5.74) is -0.00793. The van der Waals surface area contributed by atoms with Crippen molar-refractivity contribution in [3.8, 4) is 0 Å². The van der Waals surface area contributed by atoms with Crippen molar-refractivity contribution >= 4 is 0 Å². The fourth-order valence-corrected chi connectivity index (χ4v) is 3.36. The molecule has 0 radical (unpaired) electrons. The maximum Gasteiger partial charge on any atom is 0.132 e. The number of unbranched alkanes of at least 4 members (excludes halogenated alkanes) is 7. The molecule has 1 atom stereocenters. The van der Waals surface area contributed by atoms with Crippen molar-refractivity contribution in [1.29, 1.82) is 0 Å². The second kappa shape index (κ2) is 14.1. The second-order valence-corrected chi connectivity index (χ2v) is 7.08. The Hall–Kier alpha value is -1.03. The highest BCUT2D eigenvalue weighted by Gasteiger charge is 2.12. The molecule has 0 aromatic heterocycles. The average molecular weight is 373 g/mol. The third-order valence-electron chi connectivity index (χ3n) is 4.84. The molecule has 1 nitrogen and oxygen atoms in total. The molecule has 4 heteroatoms. The highest BCUT2D eigenvalue weighted by molar-refractivity contribution is 5.20. The minimum Gasteiger partial charge on any atom is -0.379 e. The molecule has 0 amide bonds. The Morgan fingerprint density at radius 3 is 1.88 bits per heavy atom. The summed E-state index contributed by atoms with van der Waals surface area (Å²) in [4.78, 5) is 0. The van der Waals surface area contributed by atoms with Gasteiger partial charge in [-0.05, 0) is 32.6 Å². The molecule has 1 unspecified atom stereocenters. The highest BCUT2D eigenvalue weighted by Crippen LogP contribution is 2.19. The summed E-state index contributed by atoms with van der Waals surface area (Å²) in [5.74, 6) is -2.44. The van der Waals surface area contributed by atoms with Crippen LogP contribution in [0, 0.1) is 17.5 Å². The van der Waals surface area contributed by atoms with Gasteiger partial charge >= 0.3 is 0 Å². The van der Waals surface area contributed by atoms with Crippen molar-refractivity contribution in [2.24, 2.45) is 0 Å². The molecule has 26 heavy (non-hydrogen) atoms. The van der Waals surface area contributed by atoms with Crippen molar-refractivity contribution in [3.05, 3.63) is 35.1 Å². The molecular weight excluding hydrogens is 337 g/mol. The molecule has 0 aliphatic carbocycles. The van der Waals surface area contributed by atoms with Crippen LogP contribution in [0.2, 0.25) is 0 Å². The van der Waals surface area contributed by atoms with E-state index in [0.29, 0.717) is 19.4 Å². The number of halogens is 3. The van der Waals surface area contributed by atoms with E-state index >= 15 is 0 Å². The van der Waals surface area contributed by atoms with Crippen molar-refractivity contribution in [1.82, 2.24) is 0 Å². The van der Waals surface area contributed by atoms with Crippen LogP contribution in [0.4, 0.5) is 13.2 Å². The first-order valence-electron chi connectivity index (χ1n) is 10.3. The molecule has 0 saturated heterocycles. The number of hydrogen-bond acceptors (Lipinski definition) is 1. The van der Waals surface area contributed by atoms with Gasteiger partial charge in [-0.25, -0.2) is 13.2 Å². The molecule has 0 aliphatic heterocycles. The lowest BCUT2D eigenvalue weighted by atomic mass is 10.0. The van der Waals surface area contributed by atoms with Crippen molar-refractivity contribution in [3.63, 3.8) is 0 Å². The fourth-order valence-electron chi connectivity index (χ4n) is 3.36. The third-order valence-corrected chi connectivity index (χ3v) is 4.84. The highest BCUT2D eigenvalue weighted by atomic mass is 19.1. The lowest BCUT2D eigenvalue weighted by Crippen LogP contribution is -2.13. The summed E-state index contributed by atoms with van der Waals surface area (Å²) in [5, 5.41) is 0. The molecule has 0 heterocycles. The van der Waals surface area contributed by atoms with E-state index < -0.39 is 17.5 Å². The van der Waals surface area contributed by atoms with Gasteiger partial charge in [0.25, 0.3) is 0 Å². The summed E-state index contributed by atoms with van der Waals surface area (Å²) in [6, 6.07) is 1.50. The number of rotatable bonds is 15. The van der Waals surface area contributed by atoms with Crippen LogP contribution in [-0.2, 0) is 11.2 Å². The zero-order valence-corrected chi connectivity index (χ0v) is 16.5. The van der Waals surface area contributed by atoms with Gasteiger partial charge in [0, 0.05) is 24.3 Å². The predicted octanol–water partition coefficient (Wildman–Crippen LogP) is 7.36. The Morgan fingerprint density at radius 2 is 1.31 bits per heavy atom. The molecule has 0 N–H and O–H groups in total. The summed E-state index contributed by atoms with van der Waals surface area (Å²) >= 11 is 0. The van der Waals surface area contributed by atoms with Gasteiger partial charge in [-0.3, -0.25) is 0 Å². The van der Waals surface area contributed by atoms with Crippen molar-refractivity contribution in [2.75, 3.05) is 6.61 Å². The zero-order chi connectivity index (χ0) is 19.2. The van der Waals surface area contributed by atoms with Crippen LogP contribution in [0.1, 0.15) is 90.0 Å². The zero-order valence-electron chi connectivity index (χ0n) is 16.5. The summed E-state index contributed by atoms with van der Waals surface area (Å²) in [7, 11) is 0. The van der Waals surface area contributed by atoms with Crippen molar-refractivity contribution in [2.45, 2.75) is 97.0 Å². The second-order valence-electron chi connectivity index (χ2n) is 7.08. The van der Waals surface area contributed by atoms with Gasteiger partial charge in [-0.2, -0.15) is 0 Å². The SMILES string of the molecule is CCCCCCCCCC(CCCCc1c(F)cc(F)cc1F)OCC. The predicted molar refractivity (Wildman–Crippen MR) is 102 cm³/mol. The van der Waals surface area contributed by atoms with Crippen LogP contribution in [-0.4, -0.2) is 12.7 Å². The molecule has 1 rings (SSSR count). The van der Waals surface area contributed by atoms with E-state index in [2.05, 4.69) is 6.92 Å². The number of hydrogen-bond donors (Lipinski definition) is 0. The van der Waals surface area contributed by atoms with Gasteiger partial charge in [0.05, 0.1) is 6.10 Å². The molecule has 1 aromatic rings. The van der Waals surface area contributed by atoms with Gasteiger partial charge in [-0.1, -0.05) is 58.3 Å². The van der Waals surface area contributed by atoms with Gasteiger partial charge in [-0.15, -0.1) is 0 Å². The van der Waals surface area contributed by atoms with E-state index in [4.69, 9.17) is 4.74 Å². The van der Waals surface area contributed by atoms with Gasteiger partial charge in [0.1, 0.15) is 17.5 Å². The average Bonchev–Trinajstić information content (AvgIpc) is 2.59. The molecule has 0 saturated carbocycles. The Balaban J connectivity index is 2.23. The van der Waals surface area contributed by atoms with Gasteiger partial charge < -0.3 is 4.74 Å². The molecule has 150 valence electrons. The van der Waals surface area contributed by atoms with Crippen LogP contribution < -0.4 is 0 Å². The van der Waals surface area contributed by atoms with E-state index in [-0.39, 0.29) is 11.7 Å². The lowest BCUT2D eigenvalue weighted by molar-refractivity contribution is 0.0471. The Kier molecular flexibility index (Phi) is 12.5. The Labute approximate surface area is 157 Å². The van der Waals surface area contributed by atoms with Crippen LogP contribution in [0.25, 0.3) is 0 Å². The molecule has 0 aliphatic rings. The maximum atomic E-state index is 13.6. The topological polar surface area (TPSA) is 9.23 Å². The van der Waals surface area contributed by atoms with Crippen molar-refractivity contribution < 1.29 is 17.9 Å². The molecule has 0 spiro atoms. The van der Waals surface area contributed by atoms with E-state index in [1.54, 1.807) is 0 Å². The minimum absolute atomic E-state index is 0.00793. The van der Waals surface area contributed by atoms with E-state index in [0.717, 1.165) is 31.4 Å². The van der Waals surface area contributed by atoms with Crippen LogP contribution in [0.5, 0.6) is 0 Å². The Bertz CT molecular complexity index is 467. The molecule has 1 aromatic carbocycles. The first-order chi connectivity index (χ1) is 12.6. The summed E-state index contributed by atoms with van der Waals surface area (Å²) < 4.78 is 46.0. The van der Waals surface area contributed by atoms with E-state index in [1.165, 1.54) is 44.9 Å². The monoisotopic (exact) mass is 372 g/mol. The smallest absolute Gasteiger partial charge is 0.132 e. The first kappa shape index (κ1) is 23.0. The van der Waals surface area contributed by atoms with Crippen LogP contribution >= 0.6 is 0 Å². The van der Waals surface area contributed by atoms with E-state index in [1.807, 2.05) is 6.92 Å². The van der Waals surface area contributed by atoms with E-state index in [9.17, 15) is 13.2 Å². The summed E-state index contributed by atoms with van der Waals surface area (Å²) in [6.07, 6.45) is 13.0. The number of benzene rings is 1. The van der Waals surface area contributed by atoms with Crippen LogP contribution in [0.15, 0.2) is 12.1 Å². The van der Waals surface area contributed by atoms with Crippen LogP contribution in [0.3, 0.4) is 0 Å². The fraction of sp³-hybridized carbons (Fsp3) is 0.727. The summed E-state index contributed by atoms with van der Waals surface area (Å²) in [6.45, 7) is 4.93. The molecule has 0 bridgehead atoms. The first-order valence-corrected chi connectivity index (χ1v) is 10.3.